The van der Waals surface area contributed by atoms with Crippen LogP contribution in [0.1, 0.15) is 57.6 Å². The molecule has 0 fully saturated rings. The van der Waals surface area contributed by atoms with E-state index in [2.05, 4.69) is 4.98 Å². The Morgan fingerprint density at radius 2 is 1.76 bits per heavy atom. The van der Waals surface area contributed by atoms with Crippen molar-refractivity contribution in [3.8, 4) is 0 Å². The fraction of sp³-hybridized carbons (Fsp3) is 0.368. The molecule has 2 rings (SSSR count). The summed E-state index contributed by atoms with van der Waals surface area (Å²) in [6, 6.07) is 7.67. The lowest BCUT2D eigenvalue weighted by molar-refractivity contribution is -0.681. The van der Waals surface area contributed by atoms with E-state index in [4.69, 9.17) is 16.3 Å². The van der Waals surface area contributed by atoms with Crippen molar-refractivity contribution < 1.29 is 19.6 Å². The second-order valence-corrected chi connectivity index (χ2v) is 6.49. The molecule has 6 heteroatoms. The molecule has 0 saturated carbocycles. The van der Waals surface area contributed by atoms with Gasteiger partial charge < -0.3 is 15.0 Å². The first kappa shape index (κ1) is 19.2. The number of hydrogen-bond acceptors (Lipinski definition) is 3. The van der Waals surface area contributed by atoms with Crippen LogP contribution in [0.5, 0.6) is 0 Å². The van der Waals surface area contributed by atoms with Crippen LogP contribution in [-0.2, 0) is 4.74 Å². The van der Waals surface area contributed by atoms with Crippen LogP contribution in [0.4, 0.5) is 0 Å². The van der Waals surface area contributed by atoms with Gasteiger partial charge in [-0.05, 0) is 39.8 Å². The molecule has 25 heavy (non-hydrogen) atoms. The average Bonchev–Trinajstić information content (AvgIpc) is 2.87. The number of quaternary nitrogens is 1. The Balaban J connectivity index is 2.13. The zero-order valence-corrected chi connectivity index (χ0v) is 15.7. The maximum atomic E-state index is 12.7. The number of aryl methyl sites for hydroxylation is 2. The van der Waals surface area contributed by atoms with Gasteiger partial charge in [0.05, 0.1) is 17.7 Å². The Kier molecular flexibility index (Phi) is 6.39. The number of aromatic amines is 1. The maximum Gasteiger partial charge on any atom is 0.340 e. The van der Waals surface area contributed by atoms with E-state index < -0.39 is 5.97 Å². The van der Waals surface area contributed by atoms with E-state index in [0.717, 1.165) is 5.56 Å². The van der Waals surface area contributed by atoms with Crippen LogP contribution in [0.25, 0.3) is 0 Å². The molecule has 0 aliphatic carbocycles. The highest BCUT2D eigenvalue weighted by atomic mass is 35.5. The van der Waals surface area contributed by atoms with Crippen LogP contribution >= 0.6 is 11.6 Å². The third kappa shape index (κ3) is 4.50. The Hall–Kier alpha value is -2.11. The van der Waals surface area contributed by atoms with E-state index in [1.54, 1.807) is 20.8 Å². The number of nitrogens with two attached hydrogens (primary N) is 1. The number of halogens is 1. The van der Waals surface area contributed by atoms with E-state index in [1.807, 2.05) is 36.5 Å². The van der Waals surface area contributed by atoms with Crippen LogP contribution in [0.15, 0.2) is 24.3 Å². The van der Waals surface area contributed by atoms with Crippen LogP contribution < -0.4 is 5.32 Å². The molecule has 134 valence electrons. The number of carbonyl (C=O) groups is 2. The average molecular weight is 364 g/mol. The van der Waals surface area contributed by atoms with Gasteiger partial charge in [0, 0.05) is 22.0 Å². The number of H-pyrrole nitrogens is 1. The molecule has 0 unspecified atom stereocenters. The fourth-order valence-electron chi connectivity index (χ4n) is 2.88. The summed E-state index contributed by atoms with van der Waals surface area (Å²) in [4.78, 5) is 28.0. The molecule has 0 aliphatic rings. The van der Waals surface area contributed by atoms with Gasteiger partial charge in [-0.2, -0.15) is 0 Å². The quantitative estimate of drug-likeness (QED) is 0.586. The Labute approximate surface area is 152 Å². The first-order valence-electron chi connectivity index (χ1n) is 8.33. The van der Waals surface area contributed by atoms with E-state index in [1.165, 1.54) is 0 Å². The second kappa shape index (κ2) is 8.32. The Morgan fingerprint density at radius 3 is 2.36 bits per heavy atom. The standard InChI is InChI=1S/C19H23ClN2O3/c1-5-25-19(24)18-13(4)22-12(3)17(18)16(23)10-21-11(2)14-6-8-15(20)9-7-14/h6-9,11,21-22H,5,10H2,1-4H3/p+1/t11-/m0/s1. The smallest absolute Gasteiger partial charge is 0.340 e. The number of hydrogen-bond donors (Lipinski definition) is 2. The van der Waals surface area contributed by atoms with Crippen molar-refractivity contribution in [3.05, 3.63) is 57.4 Å². The van der Waals surface area contributed by atoms with Crippen molar-refractivity contribution in [1.82, 2.24) is 4.98 Å². The molecule has 3 N–H and O–H groups in total. The van der Waals surface area contributed by atoms with Crippen molar-refractivity contribution in [2.75, 3.05) is 13.2 Å². The number of carbonyl (C=O) groups excluding carboxylic acids is 2. The summed E-state index contributed by atoms with van der Waals surface area (Å²) in [5.41, 5.74) is 3.21. The molecule has 1 atom stereocenters. The second-order valence-electron chi connectivity index (χ2n) is 6.05. The molecular formula is C19H24ClN2O3+. The van der Waals surface area contributed by atoms with Crippen molar-refractivity contribution in [2.45, 2.75) is 33.7 Å². The van der Waals surface area contributed by atoms with E-state index in [9.17, 15) is 9.59 Å². The Morgan fingerprint density at radius 1 is 1.16 bits per heavy atom. The lowest BCUT2D eigenvalue weighted by Gasteiger charge is -2.11. The highest BCUT2D eigenvalue weighted by Crippen LogP contribution is 2.20. The van der Waals surface area contributed by atoms with Crippen molar-refractivity contribution in [2.24, 2.45) is 0 Å². The number of rotatable bonds is 7. The highest BCUT2D eigenvalue weighted by Gasteiger charge is 2.26. The summed E-state index contributed by atoms with van der Waals surface area (Å²) < 4.78 is 5.09. The van der Waals surface area contributed by atoms with Crippen LogP contribution in [0, 0.1) is 13.8 Å². The van der Waals surface area contributed by atoms with Crippen molar-refractivity contribution in [1.29, 1.82) is 0 Å². The normalized spacial score (nSPS) is 12.0. The first-order valence-corrected chi connectivity index (χ1v) is 8.71. The molecule has 0 bridgehead atoms. The number of aromatic nitrogens is 1. The Bertz CT molecular complexity index is 766. The van der Waals surface area contributed by atoms with Gasteiger partial charge in [-0.3, -0.25) is 4.79 Å². The monoisotopic (exact) mass is 363 g/mol. The summed E-state index contributed by atoms with van der Waals surface area (Å²) in [6.45, 7) is 7.86. The van der Waals surface area contributed by atoms with Gasteiger partial charge in [0.25, 0.3) is 0 Å². The lowest BCUT2D eigenvalue weighted by Crippen LogP contribution is -2.86. The SMILES string of the molecule is CCOC(=O)c1c(C)[nH]c(C)c1C(=O)C[NH2+][C@@H](C)c1ccc(Cl)cc1. The number of ether oxygens (including phenoxy) is 1. The van der Waals surface area contributed by atoms with Gasteiger partial charge in [0.2, 0.25) is 5.78 Å². The van der Waals surface area contributed by atoms with Gasteiger partial charge >= 0.3 is 5.97 Å². The van der Waals surface area contributed by atoms with Gasteiger partial charge in [-0.15, -0.1) is 0 Å². The van der Waals surface area contributed by atoms with Crippen LogP contribution in [0.3, 0.4) is 0 Å². The molecule has 2 aromatic rings. The predicted molar refractivity (Wildman–Crippen MR) is 97.2 cm³/mol. The largest absolute Gasteiger partial charge is 0.462 e. The zero-order valence-electron chi connectivity index (χ0n) is 15.0. The number of benzene rings is 1. The summed E-state index contributed by atoms with van der Waals surface area (Å²) in [7, 11) is 0. The molecular weight excluding hydrogens is 340 g/mol. The van der Waals surface area contributed by atoms with Gasteiger partial charge in [-0.1, -0.05) is 23.7 Å². The number of nitrogens with one attached hydrogen (secondary N) is 1. The molecule has 0 amide bonds. The molecule has 1 aromatic carbocycles. The molecule has 0 radical (unpaired) electrons. The van der Waals surface area contributed by atoms with Gasteiger partial charge in [-0.25, -0.2) is 4.79 Å². The van der Waals surface area contributed by atoms with Crippen molar-refractivity contribution in [3.63, 3.8) is 0 Å². The van der Waals surface area contributed by atoms with E-state index in [-0.39, 0.29) is 25.0 Å². The molecule has 1 aromatic heterocycles. The van der Waals surface area contributed by atoms with E-state index in [0.29, 0.717) is 27.5 Å². The topological polar surface area (TPSA) is 75.8 Å². The van der Waals surface area contributed by atoms with E-state index >= 15 is 0 Å². The van der Waals surface area contributed by atoms with Crippen molar-refractivity contribution >= 4 is 23.4 Å². The minimum Gasteiger partial charge on any atom is -0.462 e. The minimum atomic E-state index is -0.460. The van der Waals surface area contributed by atoms with Gasteiger partial charge in [0.1, 0.15) is 12.6 Å². The molecule has 0 spiro atoms. The predicted octanol–water partition coefficient (Wildman–Crippen LogP) is 2.97. The fourth-order valence-corrected chi connectivity index (χ4v) is 3.00. The molecule has 5 nitrogen and oxygen atoms in total. The minimum absolute atomic E-state index is 0.0919. The summed E-state index contributed by atoms with van der Waals surface area (Å²) in [6.07, 6.45) is 0. The zero-order chi connectivity index (χ0) is 18.6. The van der Waals surface area contributed by atoms with Gasteiger partial charge in [0.15, 0.2) is 0 Å². The first-order chi connectivity index (χ1) is 11.8. The molecule has 0 saturated heterocycles. The lowest BCUT2D eigenvalue weighted by atomic mass is 10.0. The van der Waals surface area contributed by atoms with Crippen LogP contribution in [-0.4, -0.2) is 29.9 Å². The number of ketones is 1. The third-order valence-electron chi connectivity index (χ3n) is 4.19. The summed E-state index contributed by atoms with van der Waals surface area (Å²) in [5.74, 6) is -0.552. The summed E-state index contributed by atoms with van der Waals surface area (Å²) in [5, 5.41) is 2.63. The highest BCUT2D eigenvalue weighted by molar-refractivity contribution is 6.30. The number of Topliss-reactive ketones (excluding diaryl/α,β-unsaturated/α-hetero) is 1. The molecule has 1 heterocycles. The van der Waals surface area contributed by atoms with Crippen LogP contribution in [0.2, 0.25) is 5.02 Å². The third-order valence-corrected chi connectivity index (χ3v) is 4.44. The maximum absolute atomic E-state index is 12.7. The number of esters is 1. The summed E-state index contributed by atoms with van der Waals surface area (Å²) >= 11 is 5.90. The molecule has 0 aliphatic heterocycles.